The minimum Gasteiger partial charge on any atom is -0.397 e. The van der Waals surface area contributed by atoms with Crippen LogP contribution in [0.15, 0.2) is 28.2 Å². The maximum atomic E-state index is 11.2. The molecule has 0 unspecified atom stereocenters. The van der Waals surface area contributed by atoms with E-state index in [1.54, 1.807) is 0 Å². The van der Waals surface area contributed by atoms with Crippen LogP contribution >= 0.6 is 11.3 Å². The van der Waals surface area contributed by atoms with Crippen LogP contribution in [0.1, 0.15) is 4.88 Å². The summed E-state index contributed by atoms with van der Waals surface area (Å²) in [5.41, 5.74) is 6.57. The molecule has 0 aromatic carbocycles. The first kappa shape index (κ1) is 7.24. The molecule has 0 bridgehead atoms. The molecule has 0 atom stereocenters. The van der Waals surface area contributed by atoms with E-state index in [4.69, 9.17) is 5.73 Å². The van der Waals surface area contributed by atoms with Gasteiger partial charge < -0.3 is 5.73 Å². The highest BCUT2D eigenvalue weighted by Crippen LogP contribution is 2.25. The van der Waals surface area contributed by atoms with Gasteiger partial charge in [0, 0.05) is 4.88 Å². The lowest BCUT2D eigenvalue weighted by Gasteiger charge is -1.94. The van der Waals surface area contributed by atoms with Crippen molar-refractivity contribution in [2.24, 2.45) is 10.7 Å². The number of carbonyl (C=O) groups excluding carboxylic acids is 1. The highest BCUT2D eigenvalue weighted by molar-refractivity contribution is 7.11. The van der Waals surface area contributed by atoms with Gasteiger partial charge in [0.25, 0.3) is 5.91 Å². The third-order valence-electron chi connectivity index (χ3n) is 1.59. The van der Waals surface area contributed by atoms with Gasteiger partial charge in [-0.2, -0.15) is 0 Å². The Morgan fingerprint density at radius 1 is 1.50 bits per heavy atom. The summed E-state index contributed by atoms with van der Waals surface area (Å²) < 4.78 is 0. The van der Waals surface area contributed by atoms with Crippen LogP contribution in [0.4, 0.5) is 0 Å². The summed E-state index contributed by atoms with van der Waals surface area (Å²) in [6, 6.07) is 3.74. The Bertz CT molecular complexity index is 376. The number of nitrogens with two attached hydrogens (primary N) is 1. The lowest BCUT2D eigenvalue weighted by atomic mass is 10.2. The summed E-state index contributed by atoms with van der Waals surface area (Å²) in [6.45, 7) is 0. The number of amides is 1. The number of hydrogen-bond acceptors (Lipinski definition) is 3. The molecule has 2 N–H and O–H groups in total. The average molecular weight is 178 g/mol. The quantitative estimate of drug-likeness (QED) is 0.698. The van der Waals surface area contributed by atoms with Gasteiger partial charge in [-0.1, -0.05) is 6.07 Å². The molecule has 4 heteroatoms. The molecule has 60 valence electrons. The molecule has 2 heterocycles. The zero-order valence-corrected chi connectivity index (χ0v) is 6.97. The first-order valence-electron chi connectivity index (χ1n) is 3.41. The molecule has 0 radical (unpaired) electrons. The lowest BCUT2D eigenvalue weighted by Crippen LogP contribution is -2.00. The Kier molecular flexibility index (Phi) is 1.55. The van der Waals surface area contributed by atoms with Gasteiger partial charge in [0.05, 0.1) is 17.5 Å². The van der Waals surface area contributed by atoms with Crippen LogP contribution in [-0.2, 0) is 4.79 Å². The van der Waals surface area contributed by atoms with Crippen LogP contribution in [0.3, 0.4) is 0 Å². The highest BCUT2D eigenvalue weighted by Gasteiger charge is 2.19. The number of nitrogens with zero attached hydrogens (tertiary/aromatic N) is 1. The van der Waals surface area contributed by atoms with Crippen molar-refractivity contribution >= 4 is 29.0 Å². The second-order valence-corrected chi connectivity index (χ2v) is 3.32. The van der Waals surface area contributed by atoms with Crippen molar-refractivity contribution in [2.75, 3.05) is 0 Å². The number of hydrogen-bond donors (Lipinski definition) is 1. The molecule has 1 aromatic heterocycles. The SMILES string of the molecule is NC1=C(c2cccs2)C(=O)N=C1. The van der Waals surface area contributed by atoms with Crippen LogP contribution < -0.4 is 5.73 Å². The number of allylic oxidation sites excluding steroid dienone is 1. The molecule has 0 saturated carbocycles. The Morgan fingerprint density at radius 3 is 2.83 bits per heavy atom. The van der Waals surface area contributed by atoms with E-state index in [-0.39, 0.29) is 5.91 Å². The fourth-order valence-electron chi connectivity index (χ4n) is 1.05. The van der Waals surface area contributed by atoms with Gasteiger partial charge in [-0.25, -0.2) is 4.99 Å². The third kappa shape index (κ3) is 0.967. The van der Waals surface area contributed by atoms with E-state index in [0.717, 1.165) is 4.88 Å². The zero-order chi connectivity index (χ0) is 8.55. The predicted molar refractivity (Wildman–Crippen MR) is 48.9 cm³/mol. The maximum absolute atomic E-state index is 11.2. The normalized spacial score (nSPS) is 16.2. The summed E-state index contributed by atoms with van der Waals surface area (Å²) >= 11 is 1.49. The number of rotatable bonds is 1. The van der Waals surface area contributed by atoms with Crippen molar-refractivity contribution in [2.45, 2.75) is 0 Å². The van der Waals surface area contributed by atoms with Crippen LogP contribution in [-0.4, -0.2) is 12.1 Å². The monoisotopic (exact) mass is 178 g/mol. The summed E-state index contributed by atoms with van der Waals surface area (Å²) in [7, 11) is 0. The zero-order valence-electron chi connectivity index (χ0n) is 6.15. The fraction of sp³-hybridized carbons (Fsp3) is 0. The highest BCUT2D eigenvalue weighted by atomic mass is 32.1. The van der Waals surface area contributed by atoms with Crippen molar-refractivity contribution in [3.05, 3.63) is 28.1 Å². The second-order valence-electron chi connectivity index (χ2n) is 2.37. The third-order valence-corrected chi connectivity index (χ3v) is 2.48. The molecule has 1 aliphatic rings. The van der Waals surface area contributed by atoms with Gasteiger partial charge in [-0.15, -0.1) is 11.3 Å². The lowest BCUT2D eigenvalue weighted by molar-refractivity contribution is -0.112. The number of thiophene rings is 1. The predicted octanol–water partition coefficient (Wildman–Crippen LogP) is 1.03. The molecule has 1 aromatic rings. The van der Waals surface area contributed by atoms with Gasteiger partial charge in [-0.3, -0.25) is 4.79 Å². The molecule has 0 saturated heterocycles. The van der Waals surface area contributed by atoms with E-state index in [2.05, 4.69) is 4.99 Å². The van der Waals surface area contributed by atoms with Crippen molar-refractivity contribution < 1.29 is 4.79 Å². The minimum atomic E-state index is -0.241. The van der Waals surface area contributed by atoms with E-state index in [9.17, 15) is 4.79 Å². The van der Waals surface area contributed by atoms with Crippen LogP contribution in [0.5, 0.6) is 0 Å². The first-order valence-corrected chi connectivity index (χ1v) is 4.29. The summed E-state index contributed by atoms with van der Waals surface area (Å²) in [5, 5.41) is 1.90. The summed E-state index contributed by atoms with van der Waals surface area (Å²) in [5.74, 6) is -0.241. The molecule has 0 fully saturated rings. The van der Waals surface area contributed by atoms with Gasteiger partial charge in [-0.05, 0) is 11.4 Å². The van der Waals surface area contributed by atoms with Crippen molar-refractivity contribution in [3.63, 3.8) is 0 Å². The molecule has 1 aliphatic heterocycles. The van der Waals surface area contributed by atoms with E-state index < -0.39 is 0 Å². The van der Waals surface area contributed by atoms with E-state index in [1.165, 1.54) is 17.6 Å². The second kappa shape index (κ2) is 2.57. The molecule has 0 aliphatic carbocycles. The molecule has 12 heavy (non-hydrogen) atoms. The topological polar surface area (TPSA) is 55.5 Å². The van der Waals surface area contributed by atoms with Crippen LogP contribution in [0.25, 0.3) is 5.57 Å². The van der Waals surface area contributed by atoms with E-state index in [1.807, 2.05) is 17.5 Å². The van der Waals surface area contributed by atoms with Gasteiger partial charge in [0.15, 0.2) is 0 Å². The standard InChI is InChI=1S/C8H6N2OS/c9-5-4-10-8(11)7(5)6-2-1-3-12-6/h1-4H,9H2. The summed E-state index contributed by atoms with van der Waals surface area (Å²) in [4.78, 5) is 15.6. The Hall–Kier alpha value is -1.42. The van der Waals surface area contributed by atoms with Crippen molar-refractivity contribution in [1.82, 2.24) is 0 Å². The largest absolute Gasteiger partial charge is 0.397 e. The smallest absolute Gasteiger partial charge is 0.280 e. The summed E-state index contributed by atoms with van der Waals surface area (Å²) in [6.07, 6.45) is 1.40. The average Bonchev–Trinajstić information content (AvgIpc) is 2.61. The van der Waals surface area contributed by atoms with Gasteiger partial charge in [0.1, 0.15) is 0 Å². The number of aliphatic imine (C=N–C) groups is 1. The van der Waals surface area contributed by atoms with Crippen molar-refractivity contribution in [3.8, 4) is 0 Å². The first-order chi connectivity index (χ1) is 5.79. The Labute approximate surface area is 73.2 Å². The van der Waals surface area contributed by atoms with Gasteiger partial charge in [0.2, 0.25) is 0 Å². The van der Waals surface area contributed by atoms with E-state index in [0.29, 0.717) is 11.3 Å². The van der Waals surface area contributed by atoms with E-state index >= 15 is 0 Å². The fourth-order valence-corrected chi connectivity index (χ4v) is 1.83. The van der Waals surface area contributed by atoms with Gasteiger partial charge >= 0.3 is 0 Å². The molecular formula is C8H6N2OS. The Balaban J connectivity index is 2.50. The molecular weight excluding hydrogens is 172 g/mol. The molecule has 3 nitrogen and oxygen atoms in total. The van der Waals surface area contributed by atoms with Crippen LogP contribution in [0.2, 0.25) is 0 Å². The molecule has 1 amide bonds. The maximum Gasteiger partial charge on any atom is 0.280 e. The molecule has 2 rings (SSSR count). The van der Waals surface area contributed by atoms with Crippen molar-refractivity contribution in [1.29, 1.82) is 0 Å². The minimum absolute atomic E-state index is 0.241. The molecule has 0 spiro atoms. The number of carbonyl (C=O) groups is 1. The van der Waals surface area contributed by atoms with Crippen LogP contribution in [0, 0.1) is 0 Å². The Morgan fingerprint density at radius 2 is 2.33 bits per heavy atom.